The zero-order valence-electron chi connectivity index (χ0n) is 22.0. The summed E-state index contributed by atoms with van der Waals surface area (Å²) in [6.07, 6.45) is 0.124. The second kappa shape index (κ2) is 9.31. The van der Waals surface area contributed by atoms with Crippen LogP contribution in [0.25, 0.3) is 0 Å². The van der Waals surface area contributed by atoms with Crippen LogP contribution < -0.4 is 0 Å². The number of nitro groups is 1. The van der Waals surface area contributed by atoms with Crippen LogP contribution in [-0.2, 0) is 19.1 Å². The Labute approximate surface area is 221 Å². The highest BCUT2D eigenvalue weighted by Crippen LogP contribution is 2.68. The van der Waals surface area contributed by atoms with Gasteiger partial charge in [-0.15, -0.1) is 0 Å². The van der Waals surface area contributed by atoms with Crippen molar-refractivity contribution < 1.29 is 28.8 Å². The number of carbonyl (C=O) groups excluding carboxylic acids is 3. The van der Waals surface area contributed by atoms with E-state index in [0.29, 0.717) is 5.56 Å². The number of nitrogens with zero attached hydrogens (tertiary/aromatic N) is 2. The minimum absolute atomic E-state index is 0.0158. The van der Waals surface area contributed by atoms with Crippen molar-refractivity contribution in [2.75, 3.05) is 13.2 Å². The summed E-state index contributed by atoms with van der Waals surface area (Å²) < 4.78 is 10.8. The van der Waals surface area contributed by atoms with Gasteiger partial charge in [-0.2, -0.15) is 0 Å². The van der Waals surface area contributed by atoms with Gasteiger partial charge in [0, 0.05) is 36.2 Å². The number of benzene rings is 2. The quantitative estimate of drug-likeness (QED) is 0.221. The van der Waals surface area contributed by atoms with Crippen LogP contribution in [0.4, 0.5) is 5.69 Å². The average molecular weight is 521 g/mol. The van der Waals surface area contributed by atoms with Crippen LogP contribution in [0.2, 0.25) is 0 Å². The summed E-state index contributed by atoms with van der Waals surface area (Å²) in [4.78, 5) is 54.4. The Hall–Kier alpha value is -3.59. The number of ketones is 1. The Morgan fingerprint density at radius 1 is 1.08 bits per heavy atom. The van der Waals surface area contributed by atoms with Crippen LogP contribution in [0.1, 0.15) is 74.1 Å². The zero-order chi connectivity index (χ0) is 27.4. The van der Waals surface area contributed by atoms with E-state index in [-0.39, 0.29) is 61.4 Å². The van der Waals surface area contributed by atoms with Crippen molar-refractivity contribution in [3.63, 3.8) is 0 Å². The lowest BCUT2D eigenvalue weighted by Crippen LogP contribution is -2.57. The third-order valence-corrected chi connectivity index (χ3v) is 8.90. The molecule has 1 aliphatic carbocycles. The first-order chi connectivity index (χ1) is 18.1. The molecule has 1 saturated carbocycles. The van der Waals surface area contributed by atoms with Crippen molar-refractivity contribution in [3.8, 4) is 0 Å². The van der Waals surface area contributed by atoms with Gasteiger partial charge in [-0.3, -0.25) is 29.4 Å². The first-order valence-corrected chi connectivity index (χ1v) is 13.1. The van der Waals surface area contributed by atoms with E-state index in [9.17, 15) is 24.5 Å². The standard InChI is InChI=1S/C29H32N2O7/c1-5-37-26(33)28(27(34)38-6-2)15-23-17(3)24-21-9-7-8-10-22(21)25(32)29(23,16-28)30(24)18(4)19-11-13-20(14-12-19)31(35)36/h7-14,17-18,23-24H,5-6,15-16H2,1-4H3/t17-,18+,23-,24+,29-/m1/s1. The number of ether oxygens (including phenoxy) is 2. The first-order valence-electron chi connectivity index (χ1n) is 13.1. The average Bonchev–Trinajstić information content (AvgIpc) is 3.37. The van der Waals surface area contributed by atoms with Gasteiger partial charge in [0.1, 0.15) is 0 Å². The smallest absolute Gasteiger partial charge is 0.323 e. The number of carbonyl (C=O) groups is 3. The van der Waals surface area contributed by atoms with Crippen molar-refractivity contribution in [1.29, 1.82) is 0 Å². The number of non-ortho nitro benzene ring substituents is 1. The second-order valence-electron chi connectivity index (χ2n) is 10.6. The third kappa shape index (κ3) is 3.44. The van der Waals surface area contributed by atoms with Crippen LogP contribution in [0.15, 0.2) is 48.5 Å². The Kier molecular flexibility index (Phi) is 6.38. The van der Waals surface area contributed by atoms with Crippen molar-refractivity contribution >= 4 is 23.4 Å². The minimum atomic E-state index is -1.59. The summed E-state index contributed by atoms with van der Waals surface area (Å²) in [5, 5.41) is 11.2. The molecule has 2 bridgehead atoms. The molecule has 200 valence electrons. The maximum atomic E-state index is 14.5. The number of rotatable bonds is 7. The summed E-state index contributed by atoms with van der Waals surface area (Å²) in [6.45, 7) is 7.64. The summed E-state index contributed by atoms with van der Waals surface area (Å²) in [5.74, 6) is -1.78. The van der Waals surface area contributed by atoms with Crippen LogP contribution >= 0.6 is 0 Å². The Bertz CT molecular complexity index is 1290. The third-order valence-electron chi connectivity index (χ3n) is 8.90. The SMILES string of the molecule is CCOC(=O)C1(C(=O)OCC)C[C@@H]2[C@@H](C)[C@H]3c4ccccc4C(=O)[C@]2(C1)N3[C@@H](C)c1ccc([N+](=O)[O-])cc1. The molecule has 0 unspecified atom stereocenters. The normalized spacial score (nSPS) is 27.8. The highest BCUT2D eigenvalue weighted by Gasteiger charge is 2.75. The molecular weight excluding hydrogens is 488 g/mol. The Balaban J connectivity index is 1.69. The molecule has 5 rings (SSSR count). The molecule has 9 heteroatoms. The van der Waals surface area contributed by atoms with Gasteiger partial charge in [0.2, 0.25) is 0 Å². The molecule has 0 aromatic heterocycles. The van der Waals surface area contributed by atoms with E-state index in [1.807, 2.05) is 31.2 Å². The molecule has 38 heavy (non-hydrogen) atoms. The van der Waals surface area contributed by atoms with Gasteiger partial charge in [0.25, 0.3) is 5.69 Å². The van der Waals surface area contributed by atoms with Gasteiger partial charge in [-0.05, 0) is 50.2 Å². The van der Waals surface area contributed by atoms with Crippen LogP contribution in [0.3, 0.4) is 0 Å². The summed E-state index contributed by atoms with van der Waals surface area (Å²) in [7, 11) is 0. The molecule has 2 aliphatic heterocycles. The highest BCUT2D eigenvalue weighted by atomic mass is 16.6. The summed E-state index contributed by atoms with van der Waals surface area (Å²) >= 11 is 0. The second-order valence-corrected chi connectivity index (χ2v) is 10.6. The number of nitro benzene ring substituents is 1. The lowest BCUT2D eigenvalue weighted by Gasteiger charge is -2.48. The van der Waals surface area contributed by atoms with Gasteiger partial charge in [0.15, 0.2) is 11.2 Å². The number of fused-ring (bicyclic) bond motifs is 3. The van der Waals surface area contributed by atoms with E-state index in [4.69, 9.17) is 9.47 Å². The number of esters is 2. The van der Waals surface area contributed by atoms with Gasteiger partial charge >= 0.3 is 11.9 Å². The van der Waals surface area contributed by atoms with Crippen molar-refractivity contribution in [1.82, 2.24) is 4.90 Å². The molecule has 0 amide bonds. The lowest BCUT2D eigenvalue weighted by atomic mass is 9.75. The molecule has 1 saturated heterocycles. The van der Waals surface area contributed by atoms with E-state index < -0.39 is 27.8 Å². The first kappa shape index (κ1) is 26.0. The lowest BCUT2D eigenvalue weighted by molar-refractivity contribution is -0.384. The van der Waals surface area contributed by atoms with E-state index in [0.717, 1.165) is 11.1 Å². The molecule has 0 radical (unpaired) electrons. The molecule has 2 fully saturated rings. The molecule has 2 aromatic carbocycles. The van der Waals surface area contributed by atoms with E-state index in [1.165, 1.54) is 12.1 Å². The maximum Gasteiger partial charge on any atom is 0.323 e. The van der Waals surface area contributed by atoms with Gasteiger partial charge < -0.3 is 9.47 Å². The van der Waals surface area contributed by atoms with Crippen LogP contribution in [0.5, 0.6) is 0 Å². The van der Waals surface area contributed by atoms with E-state index in [2.05, 4.69) is 11.8 Å². The van der Waals surface area contributed by atoms with Gasteiger partial charge in [-0.1, -0.05) is 43.3 Å². The molecule has 3 aliphatic rings. The van der Waals surface area contributed by atoms with E-state index in [1.54, 1.807) is 26.0 Å². The largest absolute Gasteiger partial charge is 0.465 e. The Morgan fingerprint density at radius 3 is 2.26 bits per heavy atom. The fourth-order valence-electron chi connectivity index (χ4n) is 7.38. The molecule has 5 atom stereocenters. The van der Waals surface area contributed by atoms with Crippen LogP contribution in [-0.4, -0.2) is 46.3 Å². The number of Topliss-reactive ketones (excluding diaryl/α,β-unsaturated/α-hetero) is 1. The molecular formula is C29H32N2O7. The van der Waals surface area contributed by atoms with Crippen molar-refractivity contribution in [2.24, 2.45) is 17.3 Å². The van der Waals surface area contributed by atoms with Crippen LogP contribution in [0, 0.1) is 27.4 Å². The van der Waals surface area contributed by atoms with E-state index >= 15 is 0 Å². The zero-order valence-corrected chi connectivity index (χ0v) is 22.0. The molecule has 9 nitrogen and oxygen atoms in total. The molecule has 1 spiro atoms. The summed E-state index contributed by atoms with van der Waals surface area (Å²) in [6, 6.07) is 13.4. The topological polar surface area (TPSA) is 116 Å². The fourth-order valence-corrected chi connectivity index (χ4v) is 7.38. The Morgan fingerprint density at radius 2 is 1.68 bits per heavy atom. The maximum absolute atomic E-state index is 14.5. The molecule has 2 heterocycles. The molecule has 2 aromatic rings. The number of hydrogen-bond donors (Lipinski definition) is 0. The fraction of sp³-hybridized carbons (Fsp3) is 0.483. The predicted octanol–water partition coefficient (Wildman–Crippen LogP) is 4.81. The van der Waals surface area contributed by atoms with Crippen molar-refractivity contribution in [3.05, 3.63) is 75.3 Å². The highest BCUT2D eigenvalue weighted by molar-refractivity contribution is 6.10. The van der Waals surface area contributed by atoms with Gasteiger partial charge in [-0.25, -0.2) is 0 Å². The monoisotopic (exact) mass is 520 g/mol. The molecule has 0 N–H and O–H groups in total. The predicted molar refractivity (Wildman–Crippen MR) is 137 cm³/mol. The van der Waals surface area contributed by atoms with Gasteiger partial charge in [0.05, 0.1) is 23.7 Å². The number of hydrogen-bond acceptors (Lipinski definition) is 8. The minimum Gasteiger partial charge on any atom is -0.465 e. The summed E-state index contributed by atoms with van der Waals surface area (Å²) in [5.41, 5.74) is -0.397. The van der Waals surface area contributed by atoms with Crippen molar-refractivity contribution in [2.45, 2.75) is 58.2 Å².